The van der Waals surface area contributed by atoms with E-state index in [1.165, 1.54) is 0 Å². The van der Waals surface area contributed by atoms with E-state index in [1.807, 2.05) is 0 Å². The van der Waals surface area contributed by atoms with Crippen molar-refractivity contribution in [3.63, 3.8) is 0 Å². The van der Waals surface area contributed by atoms with Crippen molar-refractivity contribution in [3.8, 4) is 0 Å². The maximum atomic E-state index is 11.9. The average molecular weight is 353 g/mol. The van der Waals surface area contributed by atoms with E-state index in [9.17, 15) is 4.79 Å². The first kappa shape index (κ1) is 15.1. The summed E-state index contributed by atoms with van der Waals surface area (Å²) in [7, 11) is 0. The van der Waals surface area contributed by atoms with Crippen LogP contribution in [0.25, 0.3) is 6.08 Å². The van der Waals surface area contributed by atoms with E-state index >= 15 is 0 Å². The zero-order valence-electron chi connectivity index (χ0n) is 11.0. The van der Waals surface area contributed by atoms with Crippen LogP contribution in [0.1, 0.15) is 11.1 Å². The standard InChI is InChI=1S/C16H8Cl3NO2/c17-11-4-1-9(2-5-11)7-14-16(21)22-15(20-14)10-3-6-12(18)13(19)8-10/h1-8H. The highest BCUT2D eigenvalue weighted by atomic mass is 35.5. The van der Waals surface area contributed by atoms with Crippen molar-refractivity contribution in [2.24, 2.45) is 4.99 Å². The maximum Gasteiger partial charge on any atom is 0.363 e. The highest BCUT2D eigenvalue weighted by Crippen LogP contribution is 2.26. The van der Waals surface area contributed by atoms with Crippen molar-refractivity contribution in [1.82, 2.24) is 0 Å². The molecule has 1 aliphatic rings. The van der Waals surface area contributed by atoms with E-state index in [1.54, 1.807) is 48.5 Å². The third-order valence-electron chi connectivity index (χ3n) is 2.96. The number of carbonyl (C=O) groups excluding carboxylic acids is 1. The Morgan fingerprint density at radius 1 is 0.955 bits per heavy atom. The first-order valence-corrected chi connectivity index (χ1v) is 7.40. The number of esters is 1. The molecule has 2 aromatic rings. The van der Waals surface area contributed by atoms with Gasteiger partial charge < -0.3 is 4.74 Å². The van der Waals surface area contributed by atoms with E-state index in [0.29, 0.717) is 20.6 Å². The largest absolute Gasteiger partial charge is 0.402 e. The number of carbonyl (C=O) groups is 1. The van der Waals surface area contributed by atoms with Crippen molar-refractivity contribution in [1.29, 1.82) is 0 Å². The van der Waals surface area contributed by atoms with Crippen LogP contribution >= 0.6 is 34.8 Å². The molecule has 0 unspecified atom stereocenters. The monoisotopic (exact) mass is 351 g/mol. The fourth-order valence-electron chi connectivity index (χ4n) is 1.88. The molecule has 0 fully saturated rings. The second kappa shape index (κ2) is 6.13. The van der Waals surface area contributed by atoms with Crippen LogP contribution in [-0.2, 0) is 9.53 Å². The second-order valence-electron chi connectivity index (χ2n) is 4.52. The summed E-state index contributed by atoms with van der Waals surface area (Å²) in [5.74, 6) is -0.320. The lowest BCUT2D eigenvalue weighted by Gasteiger charge is -2.01. The number of ether oxygens (including phenoxy) is 1. The lowest BCUT2D eigenvalue weighted by atomic mass is 10.2. The smallest absolute Gasteiger partial charge is 0.363 e. The fraction of sp³-hybridized carbons (Fsp3) is 0. The fourth-order valence-corrected chi connectivity index (χ4v) is 2.30. The number of cyclic esters (lactones) is 1. The summed E-state index contributed by atoms with van der Waals surface area (Å²) >= 11 is 17.6. The van der Waals surface area contributed by atoms with E-state index < -0.39 is 5.97 Å². The van der Waals surface area contributed by atoms with Gasteiger partial charge in [-0.3, -0.25) is 0 Å². The molecule has 0 spiro atoms. The molecule has 0 N–H and O–H groups in total. The third-order valence-corrected chi connectivity index (χ3v) is 3.95. The Balaban J connectivity index is 1.94. The van der Waals surface area contributed by atoms with Gasteiger partial charge in [-0.1, -0.05) is 46.9 Å². The van der Waals surface area contributed by atoms with Gasteiger partial charge in [-0.15, -0.1) is 0 Å². The maximum absolute atomic E-state index is 11.9. The van der Waals surface area contributed by atoms with Gasteiger partial charge in [-0.05, 0) is 42.0 Å². The molecule has 22 heavy (non-hydrogen) atoms. The number of halogens is 3. The second-order valence-corrected chi connectivity index (χ2v) is 5.77. The molecule has 1 heterocycles. The molecule has 0 bridgehead atoms. The molecule has 0 saturated heterocycles. The van der Waals surface area contributed by atoms with E-state index in [2.05, 4.69) is 4.99 Å². The number of aliphatic imine (C=N–C) groups is 1. The van der Waals surface area contributed by atoms with Crippen molar-refractivity contribution >= 4 is 52.7 Å². The van der Waals surface area contributed by atoms with Crippen LogP contribution in [0.2, 0.25) is 15.1 Å². The minimum absolute atomic E-state index is 0.198. The minimum Gasteiger partial charge on any atom is -0.402 e. The number of rotatable bonds is 2. The third kappa shape index (κ3) is 3.17. The predicted octanol–water partition coefficient (Wildman–Crippen LogP) is 4.99. The van der Waals surface area contributed by atoms with Crippen LogP contribution in [0.4, 0.5) is 0 Å². The molecule has 0 amide bonds. The zero-order valence-corrected chi connectivity index (χ0v) is 13.3. The normalized spacial score (nSPS) is 15.9. The van der Waals surface area contributed by atoms with E-state index in [4.69, 9.17) is 39.5 Å². The molecule has 0 aromatic heterocycles. The highest BCUT2D eigenvalue weighted by Gasteiger charge is 2.24. The van der Waals surface area contributed by atoms with Crippen LogP contribution in [0, 0.1) is 0 Å². The Kier molecular flexibility index (Phi) is 4.21. The first-order chi connectivity index (χ1) is 10.5. The van der Waals surface area contributed by atoms with Gasteiger partial charge in [0.1, 0.15) is 0 Å². The molecule has 3 nitrogen and oxygen atoms in total. The summed E-state index contributed by atoms with van der Waals surface area (Å²) in [4.78, 5) is 16.1. The van der Waals surface area contributed by atoms with Gasteiger partial charge in [0.15, 0.2) is 5.70 Å². The lowest BCUT2D eigenvalue weighted by Crippen LogP contribution is -2.05. The van der Waals surface area contributed by atoms with Crippen LogP contribution in [0.15, 0.2) is 53.2 Å². The molecule has 0 atom stereocenters. The molecule has 0 saturated carbocycles. The van der Waals surface area contributed by atoms with Crippen molar-refractivity contribution in [2.75, 3.05) is 0 Å². The summed E-state index contributed by atoms with van der Waals surface area (Å²) in [6.07, 6.45) is 1.63. The average Bonchev–Trinajstić information content (AvgIpc) is 2.85. The molecular weight excluding hydrogens is 345 g/mol. The van der Waals surface area contributed by atoms with Crippen LogP contribution in [0.3, 0.4) is 0 Å². The predicted molar refractivity (Wildman–Crippen MR) is 88.5 cm³/mol. The Hall–Kier alpha value is -1.81. The summed E-state index contributed by atoms with van der Waals surface area (Å²) < 4.78 is 5.17. The SMILES string of the molecule is O=C1OC(c2ccc(Cl)c(Cl)c2)=NC1=Cc1ccc(Cl)cc1. The van der Waals surface area contributed by atoms with Crippen LogP contribution in [0.5, 0.6) is 0 Å². The van der Waals surface area contributed by atoms with Crippen LogP contribution < -0.4 is 0 Å². The van der Waals surface area contributed by atoms with Gasteiger partial charge in [0.25, 0.3) is 0 Å². The molecule has 6 heteroatoms. The molecule has 110 valence electrons. The summed E-state index contributed by atoms with van der Waals surface area (Å²) in [6.45, 7) is 0. The van der Waals surface area contributed by atoms with Crippen molar-refractivity contribution in [3.05, 3.63) is 74.4 Å². The van der Waals surface area contributed by atoms with Gasteiger partial charge in [0, 0.05) is 10.6 Å². The lowest BCUT2D eigenvalue weighted by molar-refractivity contribution is -0.129. The molecular formula is C16H8Cl3NO2. The molecule has 1 aliphatic heterocycles. The van der Waals surface area contributed by atoms with E-state index in [-0.39, 0.29) is 11.6 Å². The van der Waals surface area contributed by atoms with Crippen molar-refractivity contribution < 1.29 is 9.53 Å². The molecule has 0 radical (unpaired) electrons. The molecule has 0 aliphatic carbocycles. The Morgan fingerprint density at radius 2 is 1.68 bits per heavy atom. The molecule has 3 rings (SSSR count). The Morgan fingerprint density at radius 3 is 2.36 bits per heavy atom. The topological polar surface area (TPSA) is 38.7 Å². The van der Waals surface area contributed by atoms with Gasteiger partial charge >= 0.3 is 5.97 Å². The summed E-state index contributed by atoms with van der Waals surface area (Å²) in [5, 5.41) is 1.41. The van der Waals surface area contributed by atoms with E-state index in [0.717, 1.165) is 5.56 Å². The quantitative estimate of drug-likeness (QED) is 0.564. The van der Waals surface area contributed by atoms with Gasteiger partial charge in [-0.25, -0.2) is 9.79 Å². The molecule has 2 aromatic carbocycles. The Labute approximate surface area is 141 Å². The van der Waals surface area contributed by atoms with Crippen molar-refractivity contribution in [2.45, 2.75) is 0 Å². The number of hydrogen-bond donors (Lipinski definition) is 0. The Bertz CT molecular complexity index is 811. The minimum atomic E-state index is -0.518. The van der Waals surface area contributed by atoms with Gasteiger partial charge in [0.05, 0.1) is 10.0 Å². The zero-order chi connectivity index (χ0) is 15.7. The van der Waals surface area contributed by atoms with Crippen LogP contribution in [-0.4, -0.2) is 11.9 Å². The highest BCUT2D eigenvalue weighted by molar-refractivity contribution is 6.42. The summed E-state index contributed by atoms with van der Waals surface area (Å²) in [5.41, 5.74) is 1.60. The summed E-state index contributed by atoms with van der Waals surface area (Å²) in [6, 6.07) is 11.9. The number of benzene rings is 2. The van der Waals surface area contributed by atoms with Gasteiger partial charge in [0.2, 0.25) is 5.90 Å². The number of nitrogens with zero attached hydrogens (tertiary/aromatic N) is 1. The number of hydrogen-bond acceptors (Lipinski definition) is 3. The van der Waals surface area contributed by atoms with Gasteiger partial charge in [-0.2, -0.15) is 0 Å². The first-order valence-electron chi connectivity index (χ1n) is 6.26.